The number of hydrogen-bond donors (Lipinski definition) is 2. The molecule has 1 aromatic heterocycles. The summed E-state index contributed by atoms with van der Waals surface area (Å²) in [6.45, 7) is 8.39. The molecule has 6 heteroatoms. The van der Waals surface area contributed by atoms with Crippen molar-refractivity contribution in [1.82, 2.24) is 15.2 Å². The summed E-state index contributed by atoms with van der Waals surface area (Å²) in [5.41, 5.74) is 5.72. The minimum Gasteiger partial charge on any atom is -0.368 e. The van der Waals surface area contributed by atoms with Crippen LogP contribution in [0.3, 0.4) is 0 Å². The first-order valence-corrected chi connectivity index (χ1v) is 6.50. The second-order valence-corrected chi connectivity index (χ2v) is 5.81. The van der Waals surface area contributed by atoms with E-state index in [1.54, 1.807) is 0 Å². The van der Waals surface area contributed by atoms with Crippen molar-refractivity contribution in [3.8, 4) is 0 Å². The summed E-state index contributed by atoms with van der Waals surface area (Å²) in [5.74, 6) is 1.53. The molecule has 1 fully saturated rings. The SMILES string of the molecule is CC(C)(C)OCc1nc(N2CCC(N)CC2)n[nH]1. The van der Waals surface area contributed by atoms with E-state index in [4.69, 9.17) is 10.5 Å². The van der Waals surface area contributed by atoms with Gasteiger partial charge in [0.05, 0.1) is 5.60 Å². The number of aromatic amines is 1. The number of aromatic nitrogens is 3. The third-order valence-corrected chi connectivity index (χ3v) is 2.98. The molecule has 0 unspecified atom stereocenters. The maximum Gasteiger partial charge on any atom is 0.244 e. The molecule has 6 nitrogen and oxygen atoms in total. The van der Waals surface area contributed by atoms with E-state index < -0.39 is 0 Å². The van der Waals surface area contributed by atoms with Gasteiger partial charge in [-0.1, -0.05) is 0 Å². The Morgan fingerprint density at radius 3 is 2.67 bits per heavy atom. The zero-order valence-corrected chi connectivity index (χ0v) is 11.4. The predicted molar refractivity (Wildman–Crippen MR) is 70.3 cm³/mol. The third-order valence-electron chi connectivity index (χ3n) is 2.98. The Kier molecular flexibility index (Phi) is 3.87. The smallest absolute Gasteiger partial charge is 0.244 e. The van der Waals surface area contributed by atoms with Crippen LogP contribution in [0.15, 0.2) is 0 Å². The van der Waals surface area contributed by atoms with Gasteiger partial charge in [0, 0.05) is 19.1 Å². The molecule has 0 amide bonds. The van der Waals surface area contributed by atoms with Gasteiger partial charge in [0.25, 0.3) is 0 Å². The fourth-order valence-corrected chi connectivity index (χ4v) is 1.88. The highest BCUT2D eigenvalue weighted by Crippen LogP contribution is 2.16. The zero-order chi connectivity index (χ0) is 13.2. The summed E-state index contributed by atoms with van der Waals surface area (Å²) in [4.78, 5) is 6.62. The van der Waals surface area contributed by atoms with Crippen molar-refractivity contribution in [3.63, 3.8) is 0 Å². The van der Waals surface area contributed by atoms with Crippen LogP contribution in [-0.4, -0.2) is 39.9 Å². The molecule has 18 heavy (non-hydrogen) atoms. The van der Waals surface area contributed by atoms with Crippen LogP contribution >= 0.6 is 0 Å². The van der Waals surface area contributed by atoms with E-state index in [0.717, 1.165) is 37.7 Å². The second kappa shape index (κ2) is 5.24. The van der Waals surface area contributed by atoms with Crippen LogP contribution in [0.25, 0.3) is 0 Å². The van der Waals surface area contributed by atoms with Gasteiger partial charge >= 0.3 is 0 Å². The van der Waals surface area contributed by atoms with Crippen molar-refractivity contribution in [2.24, 2.45) is 5.73 Å². The standard InChI is InChI=1S/C12H23N5O/c1-12(2,3)18-8-10-14-11(16-15-10)17-6-4-9(13)5-7-17/h9H,4-8,13H2,1-3H3,(H,14,15,16). The van der Waals surface area contributed by atoms with Gasteiger partial charge in [0.2, 0.25) is 5.95 Å². The number of ether oxygens (including phenoxy) is 1. The zero-order valence-electron chi connectivity index (χ0n) is 11.4. The molecule has 1 aromatic rings. The number of rotatable bonds is 3. The van der Waals surface area contributed by atoms with E-state index in [1.807, 2.05) is 20.8 Å². The van der Waals surface area contributed by atoms with E-state index in [9.17, 15) is 0 Å². The van der Waals surface area contributed by atoms with Gasteiger partial charge in [-0.3, -0.25) is 5.10 Å². The normalized spacial score (nSPS) is 18.3. The first-order chi connectivity index (χ1) is 8.44. The van der Waals surface area contributed by atoms with Crippen LogP contribution in [0, 0.1) is 0 Å². The second-order valence-electron chi connectivity index (χ2n) is 5.81. The number of hydrogen-bond acceptors (Lipinski definition) is 5. The Morgan fingerprint density at radius 1 is 1.39 bits per heavy atom. The van der Waals surface area contributed by atoms with E-state index in [1.165, 1.54) is 0 Å². The molecule has 1 saturated heterocycles. The minimum absolute atomic E-state index is 0.162. The Balaban J connectivity index is 1.90. The highest BCUT2D eigenvalue weighted by atomic mass is 16.5. The molecule has 0 spiro atoms. The van der Waals surface area contributed by atoms with Gasteiger partial charge in [-0.25, -0.2) is 0 Å². The van der Waals surface area contributed by atoms with E-state index in [2.05, 4.69) is 20.1 Å². The van der Waals surface area contributed by atoms with Gasteiger partial charge in [-0.05, 0) is 33.6 Å². The van der Waals surface area contributed by atoms with Crippen LogP contribution in [0.1, 0.15) is 39.4 Å². The number of piperidine rings is 1. The Labute approximate surface area is 108 Å². The maximum atomic E-state index is 5.88. The lowest BCUT2D eigenvalue weighted by atomic mass is 10.1. The summed E-state index contributed by atoms with van der Waals surface area (Å²) in [5, 5.41) is 7.16. The number of nitrogens with zero attached hydrogens (tertiary/aromatic N) is 3. The van der Waals surface area contributed by atoms with Crippen molar-refractivity contribution in [2.75, 3.05) is 18.0 Å². The molecule has 102 valence electrons. The largest absolute Gasteiger partial charge is 0.368 e. The number of nitrogens with two attached hydrogens (primary N) is 1. The summed E-state index contributed by atoms with van der Waals surface area (Å²) in [7, 11) is 0. The quantitative estimate of drug-likeness (QED) is 0.841. The van der Waals surface area contributed by atoms with Crippen molar-refractivity contribution >= 4 is 5.95 Å². The van der Waals surface area contributed by atoms with Crippen LogP contribution in [0.4, 0.5) is 5.95 Å². The molecule has 0 radical (unpaired) electrons. The van der Waals surface area contributed by atoms with E-state index in [0.29, 0.717) is 12.6 Å². The Morgan fingerprint density at radius 2 is 2.06 bits per heavy atom. The molecular formula is C12H23N5O. The van der Waals surface area contributed by atoms with Gasteiger partial charge in [-0.2, -0.15) is 4.98 Å². The molecule has 1 aliphatic rings. The molecule has 0 aromatic carbocycles. The van der Waals surface area contributed by atoms with Crippen molar-refractivity contribution < 1.29 is 4.74 Å². The molecule has 2 heterocycles. The summed E-state index contributed by atoms with van der Waals surface area (Å²) in [6, 6.07) is 0.323. The van der Waals surface area contributed by atoms with Gasteiger partial charge < -0.3 is 15.4 Å². The fourth-order valence-electron chi connectivity index (χ4n) is 1.88. The highest BCUT2D eigenvalue weighted by molar-refractivity contribution is 5.29. The fraction of sp³-hybridized carbons (Fsp3) is 0.833. The molecule has 0 atom stereocenters. The molecule has 0 bridgehead atoms. The molecule has 0 saturated carbocycles. The third kappa shape index (κ3) is 3.68. The average molecular weight is 253 g/mol. The van der Waals surface area contributed by atoms with Gasteiger partial charge in [-0.15, -0.1) is 5.10 Å². The monoisotopic (exact) mass is 253 g/mol. The Bertz CT molecular complexity index is 376. The van der Waals surface area contributed by atoms with Crippen LogP contribution in [0.2, 0.25) is 0 Å². The Hall–Kier alpha value is -1.14. The van der Waals surface area contributed by atoms with Gasteiger partial charge in [0.1, 0.15) is 6.61 Å². The van der Waals surface area contributed by atoms with Crippen molar-refractivity contribution in [2.45, 2.75) is 51.9 Å². The number of nitrogens with one attached hydrogen (secondary N) is 1. The first-order valence-electron chi connectivity index (χ1n) is 6.50. The molecule has 0 aliphatic carbocycles. The molecular weight excluding hydrogens is 230 g/mol. The number of anilines is 1. The lowest BCUT2D eigenvalue weighted by Gasteiger charge is -2.28. The van der Waals surface area contributed by atoms with Crippen LogP contribution < -0.4 is 10.6 Å². The predicted octanol–water partition coefficient (Wildman–Crippen LogP) is 1.05. The first kappa shape index (κ1) is 13.3. The molecule has 2 rings (SSSR count). The van der Waals surface area contributed by atoms with Gasteiger partial charge in [0.15, 0.2) is 5.82 Å². The van der Waals surface area contributed by atoms with Crippen LogP contribution in [-0.2, 0) is 11.3 Å². The average Bonchev–Trinajstić information content (AvgIpc) is 2.75. The van der Waals surface area contributed by atoms with E-state index in [-0.39, 0.29) is 5.60 Å². The minimum atomic E-state index is -0.162. The topological polar surface area (TPSA) is 80.1 Å². The van der Waals surface area contributed by atoms with Crippen molar-refractivity contribution in [1.29, 1.82) is 0 Å². The summed E-state index contributed by atoms with van der Waals surface area (Å²) >= 11 is 0. The van der Waals surface area contributed by atoms with E-state index >= 15 is 0 Å². The number of H-pyrrole nitrogens is 1. The molecule has 1 aliphatic heterocycles. The lowest BCUT2D eigenvalue weighted by Crippen LogP contribution is -2.40. The lowest BCUT2D eigenvalue weighted by molar-refractivity contribution is -0.0179. The maximum absolute atomic E-state index is 5.88. The summed E-state index contributed by atoms with van der Waals surface area (Å²) < 4.78 is 5.66. The van der Waals surface area contributed by atoms with Crippen molar-refractivity contribution in [3.05, 3.63) is 5.82 Å². The molecule has 3 N–H and O–H groups in total. The summed E-state index contributed by atoms with van der Waals surface area (Å²) in [6.07, 6.45) is 2.00. The highest BCUT2D eigenvalue weighted by Gasteiger charge is 2.20. The van der Waals surface area contributed by atoms with Crippen LogP contribution in [0.5, 0.6) is 0 Å².